The molecule has 1 aliphatic heterocycles. The summed E-state index contributed by atoms with van der Waals surface area (Å²) in [6.07, 6.45) is 0.922. The van der Waals surface area contributed by atoms with Crippen molar-refractivity contribution in [3.8, 4) is 0 Å². The zero-order chi connectivity index (χ0) is 13.8. The van der Waals surface area contributed by atoms with Crippen molar-refractivity contribution in [2.75, 3.05) is 25.1 Å². The number of nitrogens with zero attached hydrogens (tertiary/aromatic N) is 1. The topological polar surface area (TPSA) is 58.6 Å². The number of methoxy groups -OCH3 is 1. The molecule has 1 amide bonds. The number of carbonyl (C=O) groups is 2. The van der Waals surface area contributed by atoms with Gasteiger partial charge < -0.3 is 15.0 Å². The molecule has 0 bridgehead atoms. The lowest BCUT2D eigenvalue weighted by Crippen LogP contribution is -2.37. The average molecular weight is 266 g/mol. The first-order valence-electron chi connectivity index (χ1n) is 5.98. The van der Waals surface area contributed by atoms with Crippen LogP contribution in [0.15, 0.2) is 18.2 Å². The Kier molecular flexibility index (Phi) is 3.99. The van der Waals surface area contributed by atoms with Crippen LogP contribution in [0.1, 0.15) is 16.8 Å². The van der Waals surface area contributed by atoms with Crippen LogP contribution >= 0.6 is 0 Å². The van der Waals surface area contributed by atoms with Crippen molar-refractivity contribution < 1.29 is 18.7 Å². The molecule has 1 N–H and O–H groups in total. The maximum atomic E-state index is 13.1. The number of aldehydes is 1. The van der Waals surface area contributed by atoms with Crippen molar-refractivity contribution >= 4 is 18.1 Å². The van der Waals surface area contributed by atoms with Crippen molar-refractivity contribution in [1.29, 1.82) is 0 Å². The molecule has 0 radical (unpaired) electrons. The SMILES string of the molecule is COC(=O)NC1CCN(c2ccc(F)cc2C=O)C1. The quantitative estimate of drug-likeness (QED) is 0.844. The molecular weight excluding hydrogens is 251 g/mol. The number of ether oxygens (including phenoxy) is 1. The normalized spacial score (nSPS) is 18.2. The zero-order valence-corrected chi connectivity index (χ0v) is 10.6. The first-order valence-corrected chi connectivity index (χ1v) is 5.98. The van der Waals surface area contributed by atoms with Gasteiger partial charge in [0.2, 0.25) is 0 Å². The van der Waals surface area contributed by atoms with E-state index in [9.17, 15) is 14.0 Å². The van der Waals surface area contributed by atoms with Crippen molar-refractivity contribution in [1.82, 2.24) is 5.32 Å². The highest BCUT2D eigenvalue weighted by atomic mass is 19.1. The van der Waals surface area contributed by atoms with Gasteiger partial charge in [-0.05, 0) is 24.6 Å². The summed E-state index contributed by atoms with van der Waals surface area (Å²) in [7, 11) is 1.31. The second-order valence-corrected chi connectivity index (χ2v) is 4.39. The van der Waals surface area contributed by atoms with E-state index < -0.39 is 11.9 Å². The average Bonchev–Trinajstić information content (AvgIpc) is 2.86. The van der Waals surface area contributed by atoms with E-state index in [1.54, 1.807) is 6.07 Å². The third-order valence-corrected chi connectivity index (χ3v) is 3.15. The maximum absolute atomic E-state index is 13.1. The van der Waals surface area contributed by atoms with Crippen LogP contribution in [0.3, 0.4) is 0 Å². The van der Waals surface area contributed by atoms with Crippen LogP contribution in [0.25, 0.3) is 0 Å². The van der Waals surface area contributed by atoms with Crippen LogP contribution in [0, 0.1) is 5.82 Å². The molecule has 1 heterocycles. The van der Waals surface area contributed by atoms with E-state index in [1.807, 2.05) is 4.90 Å². The summed E-state index contributed by atoms with van der Waals surface area (Å²) in [6.45, 7) is 1.27. The number of anilines is 1. The van der Waals surface area contributed by atoms with E-state index >= 15 is 0 Å². The van der Waals surface area contributed by atoms with Gasteiger partial charge in [-0.15, -0.1) is 0 Å². The molecule has 0 aromatic heterocycles. The predicted molar refractivity (Wildman–Crippen MR) is 67.9 cm³/mol. The van der Waals surface area contributed by atoms with E-state index in [-0.39, 0.29) is 6.04 Å². The van der Waals surface area contributed by atoms with Crippen LogP contribution in [0.2, 0.25) is 0 Å². The molecule has 0 saturated carbocycles. The highest BCUT2D eigenvalue weighted by Gasteiger charge is 2.25. The summed E-state index contributed by atoms with van der Waals surface area (Å²) in [5, 5.41) is 2.71. The fourth-order valence-corrected chi connectivity index (χ4v) is 2.23. The third-order valence-electron chi connectivity index (χ3n) is 3.15. The summed E-state index contributed by atoms with van der Waals surface area (Å²) < 4.78 is 17.6. The van der Waals surface area contributed by atoms with Gasteiger partial charge in [-0.3, -0.25) is 4.79 Å². The molecule has 1 atom stereocenters. The van der Waals surface area contributed by atoms with Gasteiger partial charge in [-0.1, -0.05) is 0 Å². The van der Waals surface area contributed by atoms with E-state index in [2.05, 4.69) is 10.1 Å². The van der Waals surface area contributed by atoms with Crippen molar-refractivity contribution in [3.05, 3.63) is 29.6 Å². The van der Waals surface area contributed by atoms with Gasteiger partial charge in [0.15, 0.2) is 6.29 Å². The minimum Gasteiger partial charge on any atom is -0.453 e. The molecule has 1 aromatic carbocycles. The molecule has 1 saturated heterocycles. The van der Waals surface area contributed by atoms with E-state index in [0.29, 0.717) is 30.6 Å². The second kappa shape index (κ2) is 5.69. The highest BCUT2D eigenvalue weighted by molar-refractivity contribution is 5.84. The Morgan fingerprint density at radius 3 is 3.05 bits per heavy atom. The molecule has 1 unspecified atom stereocenters. The van der Waals surface area contributed by atoms with Gasteiger partial charge in [0, 0.05) is 24.3 Å². The van der Waals surface area contributed by atoms with Crippen LogP contribution in [0.5, 0.6) is 0 Å². The second-order valence-electron chi connectivity index (χ2n) is 4.39. The highest BCUT2D eigenvalue weighted by Crippen LogP contribution is 2.24. The number of halogens is 1. The predicted octanol–water partition coefficient (Wildman–Crippen LogP) is 1.57. The smallest absolute Gasteiger partial charge is 0.407 e. The Bertz CT molecular complexity index is 493. The monoisotopic (exact) mass is 266 g/mol. The zero-order valence-electron chi connectivity index (χ0n) is 10.6. The number of nitrogens with one attached hydrogen (secondary N) is 1. The largest absolute Gasteiger partial charge is 0.453 e. The molecule has 2 rings (SSSR count). The summed E-state index contributed by atoms with van der Waals surface area (Å²) in [5.74, 6) is -0.436. The Morgan fingerprint density at radius 1 is 1.58 bits per heavy atom. The molecule has 19 heavy (non-hydrogen) atoms. The number of alkyl carbamates (subject to hydrolysis) is 1. The maximum Gasteiger partial charge on any atom is 0.407 e. The molecule has 5 nitrogen and oxygen atoms in total. The van der Waals surface area contributed by atoms with Crippen LogP contribution in [-0.2, 0) is 4.74 Å². The molecule has 1 fully saturated rings. The standard InChI is InChI=1S/C13H15FN2O3/c1-19-13(18)15-11-4-5-16(7-11)12-3-2-10(14)6-9(12)8-17/h2-3,6,8,11H,4-5,7H2,1H3,(H,15,18). The Balaban J connectivity index is 2.08. The third kappa shape index (κ3) is 3.01. The molecule has 6 heteroatoms. The fraction of sp³-hybridized carbons (Fsp3) is 0.385. The summed E-state index contributed by atoms with van der Waals surface area (Å²) in [5.41, 5.74) is 1.00. The molecular formula is C13H15FN2O3. The number of hydrogen-bond donors (Lipinski definition) is 1. The van der Waals surface area contributed by atoms with Gasteiger partial charge >= 0.3 is 6.09 Å². The van der Waals surface area contributed by atoms with E-state index in [1.165, 1.54) is 19.2 Å². The molecule has 102 valence electrons. The van der Waals surface area contributed by atoms with Gasteiger partial charge in [0.05, 0.1) is 13.2 Å². The summed E-state index contributed by atoms with van der Waals surface area (Å²) in [6, 6.07) is 4.09. The summed E-state index contributed by atoms with van der Waals surface area (Å²) >= 11 is 0. The van der Waals surface area contributed by atoms with E-state index in [4.69, 9.17) is 0 Å². The summed E-state index contributed by atoms with van der Waals surface area (Å²) in [4.78, 5) is 24.0. The first-order chi connectivity index (χ1) is 9.13. The van der Waals surface area contributed by atoms with Crippen molar-refractivity contribution in [3.63, 3.8) is 0 Å². The fourth-order valence-electron chi connectivity index (χ4n) is 2.23. The van der Waals surface area contributed by atoms with Crippen LogP contribution in [-0.4, -0.2) is 38.6 Å². The lowest BCUT2D eigenvalue weighted by molar-refractivity contribution is 0.112. The molecule has 1 aliphatic rings. The minimum atomic E-state index is -0.471. The van der Waals surface area contributed by atoms with Gasteiger partial charge in [0.25, 0.3) is 0 Å². The van der Waals surface area contributed by atoms with Crippen LogP contribution in [0.4, 0.5) is 14.9 Å². The minimum absolute atomic E-state index is 0.0306. The number of amides is 1. The Morgan fingerprint density at radius 2 is 2.37 bits per heavy atom. The van der Waals surface area contributed by atoms with Gasteiger partial charge in [-0.25, -0.2) is 9.18 Å². The molecule has 1 aromatic rings. The van der Waals surface area contributed by atoms with Gasteiger partial charge in [0.1, 0.15) is 5.82 Å². The lowest BCUT2D eigenvalue weighted by atomic mass is 10.1. The van der Waals surface area contributed by atoms with Gasteiger partial charge in [-0.2, -0.15) is 0 Å². The number of rotatable bonds is 3. The Hall–Kier alpha value is -2.11. The van der Waals surface area contributed by atoms with E-state index in [0.717, 1.165) is 6.42 Å². The van der Waals surface area contributed by atoms with Crippen molar-refractivity contribution in [2.45, 2.75) is 12.5 Å². The number of carbonyl (C=O) groups excluding carboxylic acids is 2. The number of hydrogen-bond acceptors (Lipinski definition) is 4. The molecule has 0 spiro atoms. The lowest BCUT2D eigenvalue weighted by Gasteiger charge is -2.20. The van der Waals surface area contributed by atoms with Crippen LogP contribution < -0.4 is 10.2 Å². The first kappa shape index (κ1) is 13.3. The number of benzene rings is 1. The Labute approximate surface area is 110 Å². The van der Waals surface area contributed by atoms with Crippen molar-refractivity contribution in [2.24, 2.45) is 0 Å². The molecule has 0 aliphatic carbocycles.